The quantitative estimate of drug-likeness (QED) is 0.498. The van der Waals surface area contributed by atoms with Gasteiger partial charge in [0.05, 0.1) is 24.6 Å². The lowest BCUT2D eigenvalue weighted by Gasteiger charge is -2.22. The molecule has 0 aromatic carbocycles. The third-order valence-corrected chi connectivity index (χ3v) is 5.51. The largest absolute Gasteiger partial charge is 0.465 e. The van der Waals surface area contributed by atoms with E-state index in [1.165, 1.54) is 11.8 Å². The maximum atomic E-state index is 12.2. The van der Waals surface area contributed by atoms with Gasteiger partial charge < -0.3 is 9.72 Å². The first-order valence-electron chi connectivity index (χ1n) is 7.52. The van der Waals surface area contributed by atoms with Crippen LogP contribution in [0.2, 0.25) is 0 Å². The Hall–Kier alpha value is -1.48. The van der Waals surface area contributed by atoms with Gasteiger partial charge in [0, 0.05) is 0 Å². The van der Waals surface area contributed by atoms with E-state index in [1.807, 2.05) is 16.4 Å². The smallest absolute Gasteiger partial charge is 0.316 e. The maximum Gasteiger partial charge on any atom is 0.316 e. The van der Waals surface area contributed by atoms with Crippen LogP contribution >= 0.6 is 23.5 Å². The summed E-state index contributed by atoms with van der Waals surface area (Å²) in [6, 6.07) is 0.283. The van der Waals surface area contributed by atoms with Gasteiger partial charge in [-0.25, -0.2) is 9.67 Å². The highest BCUT2D eigenvalue weighted by Crippen LogP contribution is 2.28. The second-order valence-corrected chi connectivity index (χ2v) is 7.32. The van der Waals surface area contributed by atoms with E-state index in [9.17, 15) is 9.59 Å². The lowest BCUT2D eigenvalue weighted by atomic mass is 10.1. The first kappa shape index (κ1) is 16.4. The van der Waals surface area contributed by atoms with Gasteiger partial charge in [-0.2, -0.15) is 16.9 Å². The van der Waals surface area contributed by atoms with Crippen LogP contribution in [-0.2, 0) is 9.53 Å². The van der Waals surface area contributed by atoms with Crippen LogP contribution in [0.15, 0.2) is 16.1 Å². The number of esters is 1. The number of nitrogens with one attached hydrogen (secondary N) is 1. The van der Waals surface area contributed by atoms with Gasteiger partial charge in [-0.05, 0) is 31.3 Å². The van der Waals surface area contributed by atoms with E-state index in [0.717, 1.165) is 24.3 Å². The van der Waals surface area contributed by atoms with Crippen molar-refractivity contribution >= 4 is 40.5 Å². The van der Waals surface area contributed by atoms with Crippen LogP contribution < -0.4 is 5.56 Å². The molecule has 1 saturated heterocycles. The molecule has 7 nitrogen and oxygen atoms in total. The predicted molar refractivity (Wildman–Crippen MR) is 91.1 cm³/mol. The summed E-state index contributed by atoms with van der Waals surface area (Å²) in [6.45, 7) is 2.10. The molecule has 0 amide bonds. The van der Waals surface area contributed by atoms with Crippen molar-refractivity contribution < 1.29 is 9.53 Å². The molecule has 124 valence electrons. The number of nitrogens with zero attached hydrogens (tertiary/aromatic N) is 3. The highest BCUT2D eigenvalue weighted by molar-refractivity contribution is 7.99. The molecule has 0 aliphatic carbocycles. The fourth-order valence-electron chi connectivity index (χ4n) is 2.51. The number of fused-ring (bicyclic) bond motifs is 1. The molecule has 3 rings (SSSR count). The van der Waals surface area contributed by atoms with Crippen molar-refractivity contribution in [1.29, 1.82) is 0 Å². The number of H-pyrrole nitrogens is 1. The monoisotopic (exact) mass is 354 g/mol. The lowest BCUT2D eigenvalue weighted by Crippen LogP contribution is -2.18. The van der Waals surface area contributed by atoms with Gasteiger partial charge in [0.2, 0.25) is 0 Å². The van der Waals surface area contributed by atoms with Crippen LogP contribution in [-0.4, -0.2) is 49.6 Å². The zero-order chi connectivity index (χ0) is 16.2. The van der Waals surface area contributed by atoms with Gasteiger partial charge in [-0.1, -0.05) is 11.8 Å². The minimum Gasteiger partial charge on any atom is -0.465 e. The Bertz CT molecular complexity index is 752. The summed E-state index contributed by atoms with van der Waals surface area (Å²) in [5.74, 6) is 1.99. The fraction of sp³-hybridized carbons (Fsp3) is 0.571. The van der Waals surface area contributed by atoms with Gasteiger partial charge in [-0.3, -0.25) is 9.59 Å². The normalized spacial score (nSPS) is 15.9. The lowest BCUT2D eigenvalue weighted by molar-refractivity contribution is -0.139. The molecule has 2 aromatic heterocycles. The van der Waals surface area contributed by atoms with E-state index in [0.29, 0.717) is 22.8 Å². The average molecular weight is 354 g/mol. The summed E-state index contributed by atoms with van der Waals surface area (Å²) in [7, 11) is 0. The summed E-state index contributed by atoms with van der Waals surface area (Å²) in [6.07, 6.45) is 3.63. The predicted octanol–water partition coefficient (Wildman–Crippen LogP) is 1.84. The van der Waals surface area contributed by atoms with Crippen LogP contribution in [0.25, 0.3) is 11.0 Å². The van der Waals surface area contributed by atoms with E-state index in [1.54, 1.807) is 13.1 Å². The number of aromatic nitrogens is 4. The number of thioether (sulfide) groups is 2. The Morgan fingerprint density at radius 3 is 3.04 bits per heavy atom. The number of rotatable bonds is 5. The first-order chi connectivity index (χ1) is 11.2. The summed E-state index contributed by atoms with van der Waals surface area (Å²) in [5.41, 5.74) is 0.370. The molecule has 2 aromatic rings. The molecule has 1 aliphatic heterocycles. The number of carbonyl (C=O) groups is 1. The molecule has 1 N–H and O–H groups in total. The Morgan fingerprint density at radius 1 is 1.52 bits per heavy atom. The van der Waals surface area contributed by atoms with Crippen LogP contribution in [0.4, 0.5) is 0 Å². The van der Waals surface area contributed by atoms with Gasteiger partial charge >= 0.3 is 5.97 Å². The fourth-order valence-corrected chi connectivity index (χ4v) is 4.25. The van der Waals surface area contributed by atoms with Crippen molar-refractivity contribution in [2.45, 2.75) is 31.0 Å². The second kappa shape index (κ2) is 7.39. The Morgan fingerprint density at radius 2 is 2.30 bits per heavy atom. The van der Waals surface area contributed by atoms with Crippen LogP contribution in [0, 0.1) is 0 Å². The molecular weight excluding hydrogens is 336 g/mol. The summed E-state index contributed by atoms with van der Waals surface area (Å²) in [4.78, 5) is 30.8. The third-order valence-electron chi connectivity index (χ3n) is 3.61. The number of hydrogen-bond donors (Lipinski definition) is 1. The molecule has 0 saturated carbocycles. The van der Waals surface area contributed by atoms with E-state index >= 15 is 0 Å². The SMILES string of the molecule is CCOC(=O)CSc1nc2c(cnn2C2CCSCC2)c(=O)[nH]1. The van der Waals surface area contributed by atoms with Gasteiger partial charge in [0.15, 0.2) is 10.8 Å². The van der Waals surface area contributed by atoms with Gasteiger partial charge in [0.1, 0.15) is 5.39 Å². The van der Waals surface area contributed by atoms with Gasteiger partial charge in [0.25, 0.3) is 5.56 Å². The minimum absolute atomic E-state index is 0.122. The Labute approximate surface area is 141 Å². The molecule has 0 radical (unpaired) electrons. The highest BCUT2D eigenvalue weighted by Gasteiger charge is 2.20. The molecule has 0 spiro atoms. The topological polar surface area (TPSA) is 89.9 Å². The summed E-state index contributed by atoms with van der Waals surface area (Å²) < 4.78 is 6.75. The molecule has 0 bridgehead atoms. The number of carbonyl (C=O) groups excluding carboxylic acids is 1. The van der Waals surface area contributed by atoms with Crippen LogP contribution in [0.3, 0.4) is 0 Å². The van der Waals surface area contributed by atoms with Crippen LogP contribution in [0.1, 0.15) is 25.8 Å². The first-order valence-corrected chi connectivity index (χ1v) is 9.66. The molecule has 23 heavy (non-hydrogen) atoms. The van der Waals surface area contributed by atoms with Crippen molar-refractivity contribution in [3.8, 4) is 0 Å². The Kier molecular flexibility index (Phi) is 5.27. The minimum atomic E-state index is -0.321. The van der Waals surface area contributed by atoms with Crippen molar-refractivity contribution in [3.05, 3.63) is 16.6 Å². The van der Waals surface area contributed by atoms with Crippen molar-refractivity contribution in [1.82, 2.24) is 19.7 Å². The van der Waals surface area contributed by atoms with E-state index in [2.05, 4.69) is 15.1 Å². The molecule has 1 fully saturated rings. The summed E-state index contributed by atoms with van der Waals surface area (Å²) in [5, 5.41) is 5.28. The number of aromatic amines is 1. The molecular formula is C14H18N4O3S2. The van der Waals surface area contributed by atoms with Crippen molar-refractivity contribution in [2.75, 3.05) is 23.9 Å². The third kappa shape index (κ3) is 3.72. The molecule has 0 unspecified atom stereocenters. The molecule has 0 atom stereocenters. The highest BCUT2D eigenvalue weighted by atomic mass is 32.2. The van der Waals surface area contributed by atoms with E-state index < -0.39 is 0 Å². The number of ether oxygens (including phenoxy) is 1. The van der Waals surface area contributed by atoms with E-state index in [-0.39, 0.29) is 23.3 Å². The second-order valence-electron chi connectivity index (χ2n) is 5.13. The summed E-state index contributed by atoms with van der Waals surface area (Å²) >= 11 is 3.11. The standard InChI is InChI=1S/C14H18N4O3S2/c1-2-21-11(19)8-23-14-16-12-10(13(20)17-14)7-15-18(12)9-3-5-22-6-4-9/h7,9H,2-6,8H2,1H3,(H,16,17,20). The van der Waals surface area contributed by atoms with Crippen molar-refractivity contribution in [2.24, 2.45) is 0 Å². The zero-order valence-electron chi connectivity index (χ0n) is 12.8. The molecule has 1 aliphatic rings. The van der Waals surface area contributed by atoms with E-state index in [4.69, 9.17) is 4.74 Å². The zero-order valence-corrected chi connectivity index (χ0v) is 14.4. The van der Waals surface area contributed by atoms with Crippen molar-refractivity contribution in [3.63, 3.8) is 0 Å². The van der Waals surface area contributed by atoms with Crippen LogP contribution in [0.5, 0.6) is 0 Å². The average Bonchev–Trinajstić information content (AvgIpc) is 2.98. The Balaban J connectivity index is 1.86. The molecule has 9 heteroatoms. The maximum absolute atomic E-state index is 12.2. The van der Waals surface area contributed by atoms with Gasteiger partial charge in [-0.15, -0.1) is 0 Å². The molecule has 3 heterocycles. The number of hydrogen-bond acceptors (Lipinski definition) is 7.